The summed E-state index contributed by atoms with van der Waals surface area (Å²) in [6.07, 6.45) is 6.40. The second-order valence-corrected chi connectivity index (χ2v) is 5.17. The van der Waals surface area contributed by atoms with Crippen molar-refractivity contribution < 1.29 is 4.79 Å². The molecule has 22 heavy (non-hydrogen) atoms. The lowest BCUT2D eigenvalue weighted by Gasteiger charge is -2.08. The van der Waals surface area contributed by atoms with Crippen molar-refractivity contribution in [3.05, 3.63) is 54.2 Å². The number of nitrogen functional groups attached to an aromatic ring is 1. The zero-order valence-electron chi connectivity index (χ0n) is 11.4. The van der Waals surface area contributed by atoms with Gasteiger partial charge < -0.3 is 16.4 Å². The van der Waals surface area contributed by atoms with E-state index in [1.165, 1.54) is 17.5 Å². The smallest absolute Gasteiger partial charge is 0.277 e. The minimum Gasteiger partial charge on any atom is -0.397 e. The highest BCUT2D eigenvalue weighted by atomic mass is 32.1. The molecule has 3 heterocycles. The highest BCUT2D eigenvalue weighted by Crippen LogP contribution is 2.26. The first-order valence-corrected chi connectivity index (χ1v) is 7.23. The van der Waals surface area contributed by atoms with Crippen LogP contribution in [0.15, 0.2) is 48.5 Å². The molecule has 1 amide bonds. The molecule has 0 unspecified atom stereocenters. The van der Waals surface area contributed by atoms with Crippen LogP contribution in [0.25, 0.3) is 0 Å². The first-order chi connectivity index (χ1) is 10.7. The van der Waals surface area contributed by atoms with Crippen molar-refractivity contribution in [3.8, 4) is 0 Å². The van der Waals surface area contributed by atoms with Gasteiger partial charge in [-0.15, -0.1) is 11.3 Å². The highest BCUT2D eigenvalue weighted by molar-refractivity contribution is 7.14. The Bertz CT molecular complexity index is 789. The zero-order chi connectivity index (χ0) is 15.4. The van der Waals surface area contributed by atoms with E-state index in [1.54, 1.807) is 36.2 Å². The molecule has 0 saturated heterocycles. The summed E-state index contributed by atoms with van der Waals surface area (Å²) in [5, 5.41) is 6.45. The van der Waals surface area contributed by atoms with Gasteiger partial charge in [-0.1, -0.05) is 0 Å². The van der Waals surface area contributed by atoms with Crippen LogP contribution >= 0.6 is 11.3 Å². The summed E-state index contributed by atoms with van der Waals surface area (Å²) in [6, 6.07) is 5.28. The predicted octanol–water partition coefficient (Wildman–Crippen LogP) is 2.51. The van der Waals surface area contributed by atoms with Gasteiger partial charge in [0.1, 0.15) is 5.00 Å². The molecule has 7 nitrogen and oxygen atoms in total. The number of aromatic nitrogens is 3. The van der Waals surface area contributed by atoms with Crippen LogP contribution in [-0.2, 0) is 0 Å². The molecule has 0 aliphatic rings. The number of carbonyl (C=O) groups is 1. The second-order valence-electron chi connectivity index (χ2n) is 4.31. The summed E-state index contributed by atoms with van der Waals surface area (Å²) in [5.41, 5.74) is 9.35. The third kappa shape index (κ3) is 3.01. The van der Waals surface area contributed by atoms with Crippen molar-refractivity contribution >= 4 is 39.3 Å². The Kier molecular flexibility index (Phi) is 3.92. The quantitative estimate of drug-likeness (QED) is 0.683. The van der Waals surface area contributed by atoms with Gasteiger partial charge in [0, 0.05) is 12.4 Å². The Morgan fingerprint density at radius 1 is 1.18 bits per heavy atom. The topological polar surface area (TPSA) is 106 Å². The number of hydrogen-bond acceptors (Lipinski definition) is 7. The van der Waals surface area contributed by atoms with Crippen molar-refractivity contribution in [2.45, 2.75) is 0 Å². The molecule has 4 N–H and O–H groups in total. The number of carbonyl (C=O) groups excluding carboxylic acids is 1. The third-order valence-electron chi connectivity index (χ3n) is 2.80. The number of rotatable bonds is 4. The number of hydrogen-bond donors (Lipinski definition) is 3. The second kappa shape index (κ2) is 6.19. The van der Waals surface area contributed by atoms with Crippen molar-refractivity contribution in [1.29, 1.82) is 0 Å². The van der Waals surface area contributed by atoms with E-state index in [2.05, 4.69) is 25.6 Å². The van der Waals surface area contributed by atoms with Gasteiger partial charge in [-0.25, -0.2) is 4.98 Å². The number of nitrogens with one attached hydrogen (secondary N) is 2. The van der Waals surface area contributed by atoms with Gasteiger partial charge in [0.25, 0.3) is 5.91 Å². The van der Waals surface area contributed by atoms with E-state index in [0.29, 0.717) is 16.4 Å². The Morgan fingerprint density at radius 2 is 2.05 bits per heavy atom. The molecular weight excluding hydrogens is 300 g/mol. The number of amides is 1. The molecule has 0 aromatic carbocycles. The largest absolute Gasteiger partial charge is 0.397 e. The first kappa shape index (κ1) is 14.0. The monoisotopic (exact) mass is 312 g/mol. The Labute approximate surface area is 130 Å². The van der Waals surface area contributed by atoms with Crippen molar-refractivity contribution in [1.82, 2.24) is 15.0 Å². The molecule has 110 valence electrons. The van der Waals surface area contributed by atoms with Gasteiger partial charge in [0.15, 0.2) is 5.69 Å². The van der Waals surface area contributed by atoms with Crippen LogP contribution in [0, 0.1) is 0 Å². The van der Waals surface area contributed by atoms with Gasteiger partial charge in [-0.05, 0) is 18.2 Å². The number of nitrogens with two attached hydrogens (primary N) is 1. The maximum Gasteiger partial charge on any atom is 0.277 e. The van der Waals surface area contributed by atoms with E-state index in [1.807, 2.05) is 6.07 Å². The third-order valence-corrected chi connectivity index (χ3v) is 3.55. The molecule has 0 atom stereocenters. The van der Waals surface area contributed by atoms with Gasteiger partial charge >= 0.3 is 0 Å². The van der Waals surface area contributed by atoms with Crippen LogP contribution in [0.3, 0.4) is 0 Å². The fraction of sp³-hybridized carbons (Fsp3) is 0. The van der Waals surface area contributed by atoms with E-state index < -0.39 is 0 Å². The van der Waals surface area contributed by atoms with Crippen LogP contribution in [0.4, 0.5) is 22.1 Å². The number of thiazole rings is 1. The van der Waals surface area contributed by atoms with Crippen molar-refractivity contribution in [2.75, 3.05) is 16.4 Å². The molecule has 0 fully saturated rings. The minimum atomic E-state index is -0.354. The van der Waals surface area contributed by atoms with E-state index in [9.17, 15) is 4.79 Å². The van der Waals surface area contributed by atoms with Crippen LogP contribution in [-0.4, -0.2) is 20.9 Å². The maximum atomic E-state index is 12.3. The van der Waals surface area contributed by atoms with Crippen LogP contribution < -0.4 is 16.4 Å². The lowest BCUT2D eigenvalue weighted by Crippen LogP contribution is -2.15. The molecule has 0 aliphatic heterocycles. The first-order valence-electron chi connectivity index (χ1n) is 6.35. The van der Waals surface area contributed by atoms with E-state index in [4.69, 9.17) is 5.73 Å². The molecule has 0 bridgehead atoms. The number of nitrogens with zero attached hydrogens (tertiary/aromatic N) is 3. The number of pyridine rings is 2. The fourth-order valence-corrected chi connectivity index (χ4v) is 2.45. The summed E-state index contributed by atoms with van der Waals surface area (Å²) < 4.78 is 0. The lowest BCUT2D eigenvalue weighted by atomic mass is 10.3. The van der Waals surface area contributed by atoms with Crippen molar-refractivity contribution in [3.63, 3.8) is 0 Å². The van der Waals surface area contributed by atoms with Crippen LogP contribution in [0.2, 0.25) is 0 Å². The lowest BCUT2D eigenvalue weighted by molar-refractivity contribution is 0.102. The van der Waals surface area contributed by atoms with Gasteiger partial charge in [-0.3, -0.25) is 14.8 Å². The minimum absolute atomic E-state index is 0.289. The summed E-state index contributed by atoms with van der Waals surface area (Å²) in [4.78, 5) is 24.4. The van der Waals surface area contributed by atoms with E-state index in [0.717, 1.165) is 5.69 Å². The summed E-state index contributed by atoms with van der Waals surface area (Å²) in [7, 11) is 0. The molecule has 3 aromatic heterocycles. The molecule has 0 radical (unpaired) electrons. The molecular formula is C14H12N6OS. The summed E-state index contributed by atoms with van der Waals surface area (Å²) in [6.45, 7) is 0. The molecule has 3 aromatic rings. The summed E-state index contributed by atoms with van der Waals surface area (Å²) >= 11 is 1.33. The fourth-order valence-electron chi connectivity index (χ4n) is 1.76. The standard InChI is InChI=1S/C14H12N6OS/c15-10-3-5-17-7-11(10)20-13(21)12-14(22-8-18-12)19-9-2-1-4-16-6-9/h1-8,19H,(H2,15,17)(H,20,21). The van der Waals surface area contributed by atoms with Crippen LogP contribution in [0.5, 0.6) is 0 Å². The molecule has 0 spiro atoms. The molecule has 0 aliphatic carbocycles. The maximum absolute atomic E-state index is 12.3. The van der Waals surface area contributed by atoms with Crippen molar-refractivity contribution in [2.24, 2.45) is 0 Å². The molecule has 0 saturated carbocycles. The molecule has 8 heteroatoms. The van der Waals surface area contributed by atoms with E-state index >= 15 is 0 Å². The molecule has 3 rings (SSSR count). The Hall–Kier alpha value is -3.00. The highest BCUT2D eigenvalue weighted by Gasteiger charge is 2.16. The Morgan fingerprint density at radius 3 is 2.82 bits per heavy atom. The normalized spacial score (nSPS) is 10.2. The zero-order valence-corrected chi connectivity index (χ0v) is 12.2. The Balaban J connectivity index is 1.79. The number of anilines is 4. The average molecular weight is 312 g/mol. The SMILES string of the molecule is Nc1ccncc1NC(=O)c1ncsc1Nc1cccnc1. The van der Waals surface area contributed by atoms with E-state index in [-0.39, 0.29) is 11.6 Å². The van der Waals surface area contributed by atoms with Crippen LogP contribution in [0.1, 0.15) is 10.5 Å². The van der Waals surface area contributed by atoms with Gasteiger partial charge in [0.05, 0.1) is 35.0 Å². The average Bonchev–Trinajstić information content (AvgIpc) is 2.99. The van der Waals surface area contributed by atoms with Gasteiger partial charge in [-0.2, -0.15) is 0 Å². The predicted molar refractivity (Wildman–Crippen MR) is 86.2 cm³/mol. The summed E-state index contributed by atoms with van der Waals surface area (Å²) in [5.74, 6) is -0.354. The van der Waals surface area contributed by atoms with Gasteiger partial charge in [0.2, 0.25) is 0 Å².